The van der Waals surface area contributed by atoms with Crippen LogP contribution in [0.1, 0.15) is 6.42 Å². The van der Waals surface area contributed by atoms with Gasteiger partial charge in [0, 0.05) is 13.1 Å². The third-order valence-electron chi connectivity index (χ3n) is 1.11. The van der Waals surface area contributed by atoms with E-state index in [0.717, 1.165) is 6.42 Å². The molecule has 0 N–H and O–H groups in total. The molecule has 1 aliphatic rings. The standard InChI is InChI=1S/C4H6NO2/c6-4(7)5-2-1-3-5/h1-3H2. The first kappa shape index (κ1) is 4.43. The van der Waals surface area contributed by atoms with E-state index < -0.39 is 6.09 Å². The zero-order valence-corrected chi connectivity index (χ0v) is 3.89. The van der Waals surface area contributed by atoms with Crippen molar-refractivity contribution in [1.82, 2.24) is 4.90 Å². The van der Waals surface area contributed by atoms with Crippen molar-refractivity contribution in [1.29, 1.82) is 0 Å². The summed E-state index contributed by atoms with van der Waals surface area (Å²) in [6.07, 6.45) is -0.0419. The Morgan fingerprint density at radius 2 is 2.00 bits per heavy atom. The van der Waals surface area contributed by atoms with Gasteiger partial charge in [0.05, 0.1) is 0 Å². The average molecular weight is 100 g/mol. The van der Waals surface area contributed by atoms with Gasteiger partial charge in [-0.25, -0.2) is 9.90 Å². The van der Waals surface area contributed by atoms with Crippen LogP contribution in [0.15, 0.2) is 0 Å². The van der Waals surface area contributed by atoms with E-state index in [2.05, 4.69) is 0 Å². The maximum atomic E-state index is 9.80. The molecule has 0 saturated carbocycles. The van der Waals surface area contributed by atoms with Crippen molar-refractivity contribution in [2.45, 2.75) is 6.42 Å². The zero-order valence-electron chi connectivity index (χ0n) is 3.89. The lowest BCUT2D eigenvalue weighted by atomic mass is 10.2. The molecule has 39 valence electrons. The lowest BCUT2D eigenvalue weighted by Gasteiger charge is -2.25. The van der Waals surface area contributed by atoms with E-state index in [9.17, 15) is 9.90 Å². The second-order valence-corrected chi connectivity index (χ2v) is 1.61. The van der Waals surface area contributed by atoms with Crippen LogP contribution in [0, 0.1) is 0 Å². The molecule has 1 heterocycles. The average Bonchev–Trinajstić information content (AvgIpc) is 1.23. The fourth-order valence-electron chi connectivity index (χ4n) is 0.499. The molecule has 1 aliphatic heterocycles. The van der Waals surface area contributed by atoms with Crippen LogP contribution >= 0.6 is 0 Å². The molecule has 3 nitrogen and oxygen atoms in total. The van der Waals surface area contributed by atoms with Gasteiger partial charge >= 0.3 is 6.09 Å². The molecular weight excluding hydrogens is 94.0 g/mol. The van der Waals surface area contributed by atoms with E-state index in [1.165, 1.54) is 4.90 Å². The van der Waals surface area contributed by atoms with Crippen molar-refractivity contribution in [2.24, 2.45) is 0 Å². The van der Waals surface area contributed by atoms with Crippen LogP contribution in [0.4, 0.5) is 4.79 Å². The predicted molar refractivity (Wildman–Crippen MR) is 22.3 cm³/mol. The Hall–Kier alpha value is -0.730. The molecule has 0 bridgehead atoms. The Morgan fingerprint density at radius 3 is 2.00 bits per heavy atom. The topological polar surface area (TPSA) is 40.2 Å². The van der Waals surface area contributed by atoms with Gasteiger partial charge in [-0.15, -0.1) is 0 Å². The van der Waals surface area contributed by atoms with Crippen molar-refractivity contribution in [2.75, 3.05) is 13.1 Å². The number of amides is 1. The Labute approximate surface area is 41.5 Å². The minimum absolute atomic E-state index is 0.669. The number of nitrogens with zero attached hydrogens (tertiary/aromatic N) is 1. The van der Waals surface area contributed by atoms with Gasteiger partial charge in [-0.1, -0.05) is 0 Å². The third-order valence-corrected chi connectivity index (χ3v) is 1.11. The summed E-state index contributed by atoms with van der Waals surface area (Å²) in [5.74, 6) is 0. The van der Waals surface area contributed by atoms with Gasteiger partial charge in [-0.2, -0.15) is 0 Å². The van der Waals surface area contributed by atoms with Gasteiger partial charge in [-0.05, 0) is 6.42 Å². The summed E-state index contributed by atoms with van der Waals surface area (Å²) >= 11 is 0. The van der Waals surface area contributed by atoms with Gasteiger partial charge < -0.3 is 4.90 Å². The van der Waals surface area contributed by atoms with Crippen molar-refractivity contribution >= 4 is 6.09 Å². The van der Waals surface area contributed by atoms with E-state index in [0.29, 0.717) is 13.1 Å². The Bertz CT molecular complexity index is 87.7. The molecule has 0 spiro atoms. The first-order valence-electron chi connectivity index (χ1n) is 2.26. The molecule has 1 rings (SSSR count). The van der Waals surface area contributed by atoms with Crippen LogP contribution in [0.25, 0.3) is 0 Å². The number of carbonyl (C=O) groups is 1. The molecule has 3 heteroatoms. The molecule has 0 aromatic carbocycles. The Morgan fingerprint density at radius 1 is 1.43 bits per heavy atom. The molecule has 0 aromatic heterocycles. The zero-order chi connectivity index (χ0) is 5.28. The molecule has 0 unspecified atom stereocenters. The van der Waals surface area contributed by atoms with Gasteiger partial charge in [0.25, 0.3) is 0 Å². The molecule has 1 radical (unpaired) electrons. The lowest BCUT2D eigenvalue weighted by Crippen LogP contribution is -2.40. The third kappa shape index (κ3) is 0.656. The highest BCUT2D eigenvalue weighted by atomic mass is 16.4. The molecule has 0 atom stereocenters. The lowest BCUT2D eigenvalue weighted by molar-refractivity contribution is 0.0950. The molecule has 1 saturated heterocycles. The highest BCUT2D eigenvalue weighted by Gasteiger charge is 2.19. The quantitative estimate of drug-likeness (QED) is 0.430. The summed E-state index contributed by atoms with van der Waals surface area (Å²) in [5, 5.41) is 9.80. The number of carbonyl (C=O) groups excluding carboxylic acids is 1. The monoisotopic (exact) mass is 100 g/mol. The maximum absolute atomic E-state index is 9.80. The van der Waals surface area contributed by atoms with Crippen molar-refractivity contribution in [3.63, 3.8) is 0 Å². The smallest absolute Gasteiger partial charge is 0.305 e. The summed E-state index contributed by atoms with van der Waals surface area (Å²) in [6.45, 7) is 1.34. The normalized spacial score (nSPS) is 18.6. The second kappa shape index (κ2) is 1.40. The molecule has 0 aromatic rings. The first-order chi connectivity index (χ1) is 3.30. The minimum Gasteiger partial charge on any atom is -0.305 e. The van der Waals surface area contributed by atoms with Crippen LogP contribution in [0.2, 0.25) is 0 Å². The fourth-order valence-corrected chi connectivity index (χ4v) is 0.499. The van der Waals surface area contributed by atoms with Crippen molar-refractivity contribution in [3.05, 3.63) is 0 Å². The fraction of sp³-hybridized carbons (Fsp3) is 0.750. The van der Waals surface area contributed by atoms with Crippen LogP contribution in [0.5, 0.6) is 0 Å². The van der Waals surface area contributed by atoms with Crippen molar-refractivity contribution < 1.29 is 9.90 Å². The highest BCUT2D eigenvalue weighted by molar-refractivity contribution is 5.65. The van der Waals surface area contributed by atoms with E-state index in [-0.39, 0.29) is 0 Å². The van der Waals surface area contributed by atoms with Crippen LogP contribution in [-0.2, 0) is 5.11 Å². The number of rotatable bonds is 0. The first-order valence-corrected chi connectivity index (χ1v) is 2.26. The van der Waals surface area contributed by atoms with E-state index in [1.807, 2.05) is 0 Å². The van der Waals surface area contributed by atoms with E-state index in [1.54, 1.807) is 0 Å². The maximum Gasteiger partial charge on any atom is 0.453 e. The largest absolute Gasteiger partial charge is 0.453 e. The summed E-state index contributed by atoms with van der Waals surface area (Å²) < 4.78 is 0. The van der Waals surface area contributed by atoms with Crippen molar-refractivity contribution in [3.8, 4) is 0 Å². The van der Waals surface area contributed by atoms with Crippen LogP contribution < -0.4 is 0 Å². The summed E-state index contributed by atoms with van der Waals surface area (Å²) in [6, 6.07) is 0. The minimum atomic E-state index is -1.04. The van der Waals surface area contributed by atoms with Gasteiger partial charge in [0.1, 0.15) is 0 Å². The van der Waals surface area contributed by atoms with Gasteiger partial charge in [-0.3, -0.25) is 0 Å². The SMILES string of the molecule is [O]C(=O)N1CCC1. The van der Waals surface area contributed by atoms with Crippen LogP contribution in [-0.4, -0.2) is 24.1 Å². The molecule has 1 amide bonds. The number of hydrogen-bond acceptors (Lipinski definition) is 1. The van der Waals surface area contributed by atoms with Gasteiger partial charge in [0.2, 0.25) is 0 Å². The predicted octanol–water partition coefficient (Wildman–Crippen LogP) is 0.243. The second-order valence-electron chi connectivity index (χ2n) is 1.61. The Kier molecular flexibility index (Phi) is 0.889. The van der Waals surface area contributed by atoms with E-state index >= 15 is 0 Å². The molecule has 0 aliphatic carbocycles. The van der Waals surface area contributed by atoms with Gasteiger partial charge in [0.15, 0.2) is 0 Å². The summed E-state index contributed by atoms with van der Waals surface area (Å²) in [7, 11) is 0. The molecule has 7 heavy (non-hydrogen) atoms. The van der Waals surface area contributed by atoms with E-state index in [4.69, 9.17) is 0 Å². The highest BCUT2D eigenvalue weighted by Crippen LogP contribution is 2.04. The summed E-state index contributed by atoms with van der Waals surface area (Å²) in [4.78, 5) is 11.1. The molecular formula is C4H6NO2. The number of hydrogen-bond donors (Lipinski definition) is 0. The van der Waals surface area contributed by atoms with Crippen LogP contribution in [0.3, 0.4) is 0 Å². The number of likely N-dealkylation sites (tertiary alicyclic amines) is 1. The molecule has 1 fully saturated rings. The Balaban J connectivity index is 2.27. The summed E-state index contributed by atoms with van der Waals surface area (Å²) in [5.41, 5.74) is 0.